The third-order valence-corrected chi connectivity index (χ3v) is 2.92. The average molecular weight is 332 g/mol. The minimum absolute atomic E-state index is 0.0429. The average Bonchev–Trinajstić information content (AvgIpc) is 2.44. The summed E-state index contributed by atoms with van der Waals surface area (Å²) in [7, 11) is 0. The van der Waals surface area contributed by atoms with Gasteiger partial charge in [-0.1, -0.05) is 12.6 Å². The Hall–Kier alpha value is -2.72. The Balaban J connectivity index is 2.84. The topological polar surface area (TPSA) is 87.7 Å². The van der Waals surface area contributed by atoms with Crippen molar-refractivity contribution in [3.05, 3.63) is 42.1 Å². The number of anilines is 1. The summed E-state index contributed by atoms with van der Waals surface area (Å²) in [6, 6.07) is 4.01. The number of hydrogen-bond donors (Lipinski definition) is 3. The molecule has 1 rings (SSSR count). The smallest absolute Gasteiger partial charge is 0.408 e. The van der Waals surface area contributed by atoms with E-state index in [1.54, 1.807) is 32.9 Å². The zero-order valence-electron chi connectivity index (χ0n) is 14.5. The Morgan fingerprint density at radius 2 is 2.08 bits per heavy atom. The lowest BCUT2D eigenvalue weighted by molar-refractivity contribution is -0.118. The molecule has 1 aromatic carbocycles. The summed E-state index contributed by atoms with van der Waals surface area (Å²) in [6.45, 7) is 10.5. The van der Waals surface area contributed by atoms with Crippen molar-refractivity contribution in [2.45, 2.75) is 45.8 Å². The predicted octanol–water partition coefficient (Wildman–Crippen LogP) is 3.26. The number of amides is 2. The number of carbonyl (C=O) groups excluding carboxylic acids is 2. The van der Waals surface area contributed by atoms with Crippen LogP contribution in [0.25, 0.3) is 0 Å². The van der Waals surface area contributed by atoms with Crippen LogP contribution in [0.15, 0.2) is 36.6 Å². The molecule has 1 unspecified atom stereocenters. The van der Waals surface area contributed by atoms with Crippen molar-refractivity contribution in [1.82, 2.24) is 5.32 Å². The zero-order valence-corrected chi connectivity index (χ0v) is 14.5. The predicted molar refractivity (Wildman–Crippen MR) is 93.0 cm³/mol. The van der Waals surface area contributed by atoms with E-state index in [4.69, 9.17) is 4.74 Å². The van der Waals surface area contributed by atoms with Gasteiger partial charge in [-0.15, -0.1) is 5.73 Å². The van der Waals surface area contributed by atoms with Crippen molar-refractivity contribution < 1.29 is 19.4 Å². The summed E-state index contributed by atoms with van der Waals surface area (Å²) in [4.78, 5) is 24.3. The lowest BCUT2D eigenvalue weighted by Crippen LogP contribution is -2.45. The summed E-state index contributed by atoms with van der Waals surface area (Å²) < 4.78 is 5.16. The molecule has 24 heavy (non-hydrogen) atoms. The molecule has 0 spiro atoms. The van der Waals surface area contributed by atoms with Gasteiger partial charge >= 0.3 is 6.09 Å². The van der Waals surface area contributed by atoms with Crippen molar-refractivity contribution in [1.29, 1.82) is 0 Å². The van der Waals surface area contributed by atoms with Crippen molar-refractivity contribution in [2.75, 3.05) is 5.32 Å². The molecule has 3 N–H and O–H groups in total. The second-order valence-electron chi connectivity index (χ2n) is 6.35. The molecule has 0 saturated carbocycles. The Morgan fingerprint density at radius 1 is 1.42 bits per heavy atom. The highest BCUT2D eigenvalue weighted by atomic mass is 16.6. The van der Waals surface area contributed by atoms with E-state index in [1.165, 1.54) is 12.1 Å². The number of phenols is 1. The highest BCUT2D eigenvalue weighted by Gasteiger charge is 2.24. The molecule has 0 aliphatic rings. The van der Waals surface area contributed by atoms with Crippen LogP contribution in [0.3, 0.4) is 0 Å². The van der Waals surface area contributed by atoms with Gasteiger partial charge < -0.3 is 20.5 Å². The Kier molecular flexibility index (Phi) is 6.62. The van der Waals surface area contributed by atoms with Gasteiger partial charge in [0, 0.05) is 6.42 Å². The van der Waals surface area contributed by atoms with Gasteiger partial charge in [0.15, 0.2) is 0 Å². The monoisotopic (exact) mass is 332 g/mol. The molecular formula is C18H24N2O4. The molecule has 1 aromatic rings. The maximum Gasteiger partial charge on any atom is 0.408 e. The van der Waals surface area contributed by atoms with Crippen LogP contribution in [0.4, 0.5) is 10.5 Å². The molecule has 0 aliphatic heterocycles. The van der Waals surface area contributed by atoms with Gasteiger partial charge in [-0.3, -0.25) is 4.79 Å². The molecule has 0 aromatic heterocycles. The number of ether oxygens (including phenoxy) is 1. The fourth-order valence-corrected chi connectivity index (χ4v) is 1.85. The normalized spacial score (nSPS) is 11.8. The van der Waals surface area contributed by atoms with Crippen LogP contribution < -0.4 is 10.6 Å². The van der Waals surface area contributed by atoms with Crippen molar-refractivity contribution in [3.8, 4) is 5.75 Å². The minimum Gasteiger partial charge on any atom is -0.506 e. The van der Waals surface area contributed by atoms with E-state index in [-0.39, 0.29) is 17.9 Å². The fourth-order valence-electron chi connectivity index (χ4n) is 1.85. The third kappa shape index (κ3) is 6.58. The number of rotatable bonds is 5. The van der Waals surface area contributed by atoms with E-state index in [9.17, 15) is 14.7 Å². The molecule has 0 fully saturated rings. The second-order valence-corrected chi connectivity index (χ2v) is 6.35. The van der Waals surface area contributed by atoms with Gasteiger partial charge in [0.25, 0.3) is 0 Å². The second kappa shape index (κ2) is 8.22. The third-order valence-electron chi connectivity index (χ3n) is 2.92. The first-order valence-corrected chi connectivity index (χ1v) is 7.56. The summed E-state index contributed by atoms with van der Waals surface area (Å²) >= 11 is 0. The maximum absolute atomic E-state index is 12.4. The first-order chi connectivity index (χ1) is 11.1. The number of carbonyl (C=O) groups is 2. The molecule has 6 nitrogen and oxygen atoms in total. The Morgan fingerprint density at radius 3 is 2.62 bits per heavy atom. The van der Waals surface area contributed by atoms with Crippen LogP contribution in [0.5, 0.6) is 5.75 Å². The first-order valence-electron chi connectivity index (χ1n) is 7.56. The highest BCUT2D eigenvalue weighted by Crippen LogP contribution is 2.24. The summed E-state index contributed by atoms with van der Waals surface area (Å²) in [5, 5.41) is 15.0. The summed E-state index contributed by atoms with van der Waals surface area (Å²) in [5.74, 6) is -0.523. The number of phenolic OH excluding ortho intramolecular Hbond substituents is 1. The minimum atomic E-state index is -0.880. The fraction of sp³-hybridized carbons (Fsp3) is 0.389. The van der Waals surface area contributed by atoms with E-state index >= 15 is 0 Å². The molecule has 0 radical (unpaired) electrons. The molecule has 0 saturated heterocycles. The van der Waals surface area contributed by atoms with E-state index in [0.29, 0.717) is 0 Å². The van der Waals surface area contributed by atoms with E-state index in [1.807, 2.05) is 6.92 Å². The molecule has 0 heterocycles. The van der Waals surface area contributed by atoms with Crippen molar-refractivity contribution in [2.24, 2.45) is 0 Å². The zero-order chi connectivity index (χ0) is 18.3. The Bertz CT molecular complexity index is 655. The molecule has 2 amide bonds. The van der Waals surface area contributed by atoms with Gasteiger partial charge in [-0.2, -0.15) is 0 Å². The lowest BCUT2D eigenvalue weighted by atomic mass is 10.1. The van der Waals surface area contributed by atoms with Crippen LogP contribution in [0, 0.1) is 6.92 Å². The van der Waals surface area contributed by atoms with Crippen LogP contribution in [-0.4, -0.2) is 28.7 Å². The SMILES string of the molecule is C=C=CCC(NC(=O)OC(C)(C)C)C(=O)Nc1ccc(C)cc1O. The van der Waals surface area contributed by atoms with Crippen LogP contribution in [-0.2, 0) is 9.53 Å². The number of aromatic hydroxyl groups is 1. The van der Waals surface area contributed by atoms with Crippen LogP contribution in [0.2, 0.25) is 0 Å². The van der Waals surface area contributed by atoms with E-state index in [0.717, 1.165) is 5.56 Å². The van der Waals surface area contributed by atoms with Crippen LogP contribution >= 0.6 is 0 Å². The first kappa shape index (κ1) is 19.3. The van der Waals surface area contributed by atoms with Crippen molar-refractivity contribution >= 4 is 17.7 Å². The summed E-state index contributed by atoms with van der Waals surface area (Å²) in [5.41, 5.74) is 3.02. The molecular weight excluding hydrogens is 308 g/mol. The van der Waals surface area contributed by atoms with E-state index < -0.39 is 23.6 Å². The molecule has 6 heteroatoms. The van der Waals surface area contributed by atoms with Crippen molar-refractivity contribution in [3.63, 3.8) is 0 Å². The standard InChI is InChI=1S/C18H24N2O4/c1-6-7-8-14(20-17(23)24-18(3,4)5)16(22)19-13-10-9-12(2)11-15(13)21/h7,9-11,14,21H,1,8H2,2-5H3,(H,19,22)(H,20,23). The van der Waals surface area contributed by atoms with Gasteiger partial charge in [-0.05, 0) is 51.5 Å². The number of benzene rings is 1. The quantitative estimate of drug-likeness (QED) is 0.570. The maximum atomic E-state index is 12.4. The highest BCUT2D eigenvalue weighted by molar-refractivity contribution is 5.97. The van der Waals surface area contributed by atoms with Crippen LogP contribution in [0.1, 0.15) is 32.8 Å². The van der Waals surface area contributed by atoms with E-state index in [2.05, 4.69) is 22.9 Å². The number of aryl methyl sites for hydroxylation is 1. The van der Waals surface area contributed by atoms with Gasteiger partial charge in [0.1, 0.15) is 17.4 Å². The number of hydrogen-bond acceptors (Lipinski definition) is 4. The van der Waals surface area contributed by atoms with Gasteiger partial charge in [-0.25, -0.2) is 4.79 Å². The Labute approximate surface area is 142 Å². The largest absolute Gasteiger partial charge is 0.506 e. The lowest BCUT2D eigenvalue weighted by Gasteiger charge is -2.22. The van der Waals surface area contributed by atoms with Gasteiger partial charge in [0.2, 0.25) is 5.91 Å². The summed E-state index contributed by atoms with van der Waals surface area (Å²) in [6.07, 6.45) is 1.03. The molecule has 130 valence electrons. The number of alkyl carbamates (subject to hydrolysis) is 1. The molecule has 0 bridgehead atoms. The number of nitrogens with one attached hydrogen (secondary N) is 2. The van der Waals surface area contributed by atoms with Gasteiger partial charge in [0.05, 0.1) is 5.69 Å². The molecule has 1 atom stereocenters. The molecule has 0 aliphatic carbocycles.